The smallest absolute Gasteiger partial charge is 0.234 e. The van der Waals surface area contributed by atoms with Gasteiger partial charge in [-0.3, -0.25) is 9.69 Å². The molecule has 0 rings (SSSR count). The molecular weight excluding hydrogens is 268 g/mol. The maximum absolute atomic E-state index is 11.6. The van der Waals surface area contributed by atoms with Gasteiger partial charge in [0.15, 0.2) is 0 Å². The van der Waals surface area contributed by atoms with Gasteiger partial charge < -0.3 is 14.8 Å². The summed E-state index contributed by atoms with van der Waals surface area (Å²) in [6, 6.07) is 0. The van der Waals surface area contributed by atoms with Crippen LogP contribution in [0.15, 0.2) is 0 Å². The van der Waals surface area contributed by atoms with E-state index >= 15 is 0 Å². The van der Waals surface area contributed by atoms with Crippen molar-refractivity contribution in [2.24, 2.45) is 11.8 Å². The lowest BCUT2D eigenvalue weighted by molar-refractivity contribution is -0.122. The fourth-order valence-corrected chi connectivity index (χ4v) is 1.89. The zero-order valence-electron chi connectivity index (χ0n) is 14.5. The van der Waals surface area contributed by atoms with E-state index in [2.05, 4.69) is 33.0 Å². The molecule has 0 spiro atoms. The highest BCUT2D eigenvalue weighted by atomic mass is 16.5. The van der Waals surface area contributed by atoms with Crippen molar-refractivity contribution >= 4 is 5.91 Å². The fraction of sp³-hybridized carbons (Fsp3) is 0.938. The van der Waals surface area contributed by atoms with E-state index in [1.54, 1.807) is 0 Å². The second kappa shape index (κ2) is 13.0. The average molecular weight is 302 g/mol. The van der Waals surface area contributed by atoms with Crippen molar-refractivity contribution < 1.29 is 14.3 Å². The summed E-state index contributed by atoms with van der Waals surface area (Å²) in [5, 5.41) is 2.86. The molecule has 1 N–H and O–H groups in total. The zero-order valence-corrected chi connectivity index (χ0v) is 14.5. The highest BCUT2D eigenvalue weighted by Crippen LogP contribution is 1.98. The van der Waals surface area contributed by atoms with Crippen molar-refractivity contribution in [2.75, 3.05) is 53.1 Å². The Morgan fingerprint density at radius 2 is 1.62 bits per heavy atom. The molecule has 0 aromatic rings. The zero-order chi connectivity index (χ0) is 16.1. The molecule has 21 heavy (non-hydrogen) atoms. The predicted octanol–water partition coefficient (Wildman–Crippen LogP) is 1.77. The predicted molar refractivity (Wildman–Crippen MR) is 86.4 cm³/mol. The number of nitrogens with zero attached hydrogens (tertiary/aromatic N) is 1. The van der Waals surface area contributed by atoms with Gasteiger partial charge in [-0.1, -0.05) is 27.7 Å². The lowest BCUT2D eigenvalue weighted by Crippen LogP contribution is -2.38. The van der Waals surface area contributed by atoms with Crippen molar-refractivity contribution in [3.63, 3.8) is 0 Å². The first kappa shape index (κ1) is 20.3. The summed E-state index contributed by atoms with van der Waals surface area (Å²) in [5.41, 5.74) is 0. The van der Waals surface area contributed by atoms with Crippen molar-refractivity contribution in [2.45, 2.75) is 34.1 Å². The summed E-state index contributed by atoms with van der Waals surface area (Å²) >= 11 is 0. The molecule has 5 heteroatoms. The monoisotopic (exact) mass is 302 g/mol. The highest BCUT2D eigenvalue weighted by molar-refractivity contribution is 5.77. The van der Waals surface area contributed by atoms with Crippen LogP contribution in [0.1, 0.15) is 34.1 Å². The minimum absolute atomic E-state index is 0.0509. The third kappa shape index (κ3) is 15.6. The minimum atomic E-state index is 0.0509. The Bertz CT molecular complexity index is 258. The van der Waals surface area contributed by atoms with Crippen LogP contribution in [0.25, 0.3) is 0 Å². The first-order valence-electron chi connectivity index (χ1n) is 8.02. The molecule has 0 fully saturated rings. The number of nitrogens with one attached hydrogen (secondary N) is 1. The Labute approximate surface area is 130 Å². The van der Waals surface area contributed by atoms with Crippen LogP contribution in [-0.4, -0.2) is 63.9 Å². The standard InChI is InChI=1S/C16H34N2O3/c1-14(2)6-8-20-10-11-21-9-7-17-16(19)13-18(5)12-15(3)4/h14-15H,6-13H2,1-5H3,(H,17,19). The van der Waals surface area contributed by atoms with E-state index in [4.69, 9.17) is 9.47 Å². The van der Waals surface area contributed by atoms with E-state index in [9.17, 15) is 4.79 Å². The van der Waals surface area contributed by atoms with Crippen LogP contribution in [-0.2, 0) is 14.3 Å². The van der Waals surface area contributed by atoms with Gasteiger partial charge in [-0.2, -0.15) is 0 Å². The summed E-state index contributed by atoms with van der Waals surface area (Å²) in [5.74, 6) is 1.30. The van der Waals surface area contributed by atoms with Crippen LogP contribution in [0.3, 0.4) is 0 Å². The Morgan fingerprint density at radius 1 is 1.00 bits per heavy atom. The fourth-order valence-electron chi connectivity index (χ4n) is 1.89. The molecule has 1 amide bonds. The molecule has 0 atom stereocenters. The molecule has 0 aliphatic rings. The van der Waals surface area contributed by atoms with Gasteiger partial charge in [0.25, 0.3) is 0 Å². The third-order valence-corrected chi connectivity index (χ3v) is 2.87. The molecule has 0 aliphatic carbocycles. The van der Waals surface area contributed by atoms with Gasteiger partial charge in [0.05, 0.1) is 26.4 Å². The molecule has 0 saturated heterocycles. The average Bonchev–Trinajstić information content (AvgIpc) is 2.35. The number of hydrogen-bond acceptors (Lipinski definition) is 4. The first-order chi connectivity index (χ1) is 9.91. The largest absolute Gasteiger partial charge is 0.379 e. The van der Waals surface area contributed by atoms with Gasteiger partial charge in [-0.25, -0.2) is 0 Å². The van der Waals surface area contributed by atoms with Gasteiger partial charge in [0, 0.05) is 19.7 Å². The molecule has 0 unspecified atom stereocenters. The summed E-state index contributed by atoms with van der Waals surface area (Å²) in [4.78, 5) is 13.7. The Kier molecular flexibility index (Phi) is 12.6. The maximum atomic E-state index is 11.6. The van der Waals surface area contributed by atoms with Gasteiger partial charge >= 0.3 is 0 Å². The molecule has 0 heterocycles. The topological polar surface area (TPSA) is 50.8 Å². The Balaban J connectivity index is 3.32. The summed E-state index contributed by atoms with van der Waals surface area (Å²) in [7, 11) is 1.96. The molecule has 0 aromatic heterocycles. The number of carbonyl (C=O) groups excluding carboxylic acids is 1. The summed E-state index contributed by atoms with van der Waals surface area (Å²) in [6.07, 6.45) is 1.08. The quantitative estimate of drug-likeness (QED) is 0.527. The molecule has 0 radical (unpaired) electrons. The molecule has 126 valence electrons. The normalized spacial score (nSPS) is 11.6. The van der Waals surface area contributed by atoms with E-state index in [1.807, 2.05) is 11.9 Å². The van der Waals surface area contributed by atoms with Crippen molar-refractivity contribution in [3.05, 3.63) is 0 Å². The highest BCUT2D eigenvalue weighted by Gasteiger charge is 2.07. The Hall–Kier alpha value is -0.650. The van der Waals surface area contributed by atoms with Gasteiger partial charge in [-0.15, -0.1) is 0 Å². The van der Waals surface area contributed by atoms with Crippen molar-refractivity contribution in [1.29, 1.82) is 0 Å². The van der Waals surface area contributed by atoms with E-state index in [-0.39, 0.29) is 5.91 Å². The van der Waals surface area contributed by atoms with Gasteiger partial charge in [-0.05, 0) is 25.3 Å². The molecule has 5 nitrogen and oxygen atoms in total. The van der Waals surface area contributed by atoms with Gasteiger partial charge in [0.2, 0.25) is 5.91 Å². The number of likely N-dealkylation sites (N-methyl/N-ethyl adjacent to an activating group) is 1. The summed E-state index contributed by atoms with van der Waals surface area (Å²) < 4.78 is 10.8. The number of rotatable bonds is 13. The molecule has 0 aromatic carbocycles. The van der Waals surface area contributed by atoms with Crippen LogP contribution in [0.4, 0.5) is 0 Å². The second-order valence-electron chi connectivity index (χ2n) is 6.35. The Morgan fingerprint density at radius 3 is 2.19 bits per heavy atom. The number of amides is 1. The van der Waals surface area contributed by atoms with Crippen molar-refractivity contribution in [3.8, 4) is 0 Å². The maximum Gasteiger partial charge on any atom is 0.234 e. The second-order valence-corrected chi connectivity index (χ2v) is 6.35. The van der Waals surface area contributed by atoms with Crippen molar-refractivity contribution in [1.82, 2.24) is 10.2 Å². The van der Waals surface area contributed by atoms with E-state index in [1.165, 1.54) is 0 Å². The molecular formula is C16H34N2O3. The van der Waals surface area contributed by atoms with Crippen LogP contribution in [0.5, 0.6) is 0 Å². The van der Waals surface area contributed by atoms with E-state index < -0.39 is 0 Å². The van der Waals surface area contributed by atoms with Crippen LogP contribution in [0, 0.1) is 11.8 Å². The number of carbonyl (C=O) groups is 1. The molecule has 0 bridgehead atoms. The number of hydrogen-bond donors (Lipinski definition) is 1. The number of ether oxygens (including phenoxy) is 2. The molecule has 0 saturated carbocycles. The molecule has 0 aliphatic heterocycles. The SMILES string of the molecule is CC(C)CCOCCOCCNC(=O)CN(C)CC(C)C. The summed E-state index contributed by atoms with van der Waals surface area (Å²) in [6.45, 7) is 13.1. The van der Waals surface area contributed by atoms with Crippen LogP contribution >= 0.6 is 0 Å². The first-order valence-corrected chi connectivity index (χ1v) is 8.02. The van der Waals surface area contributed by atoms with E-state index in [0.29, 0.717) is 44.7 Å². The van der Waals surface area contributed by atoms with E-state index in [0.717, 1.165) is 19.6 Å². The minimum Gasteiger partial charge on any atom is -0.379 e. The van der Waals surface area contributed by atoms with Gasteiger partial charge in [0.1, 0.15) is 0 Å². The van der Waals surface area contributed by atoms with Crippen LogP contribution < -0.4 is 5.32 Å². The third-order valence-electron chi connectivity index (χ3n) is 2.87. The van der Waals surface area contributed by atoms with Crippen LogP contribution in [0.2, 0.25) is 0 Å². The lowest BCUT2D eigenvalue weighted by atomic mass is 10.1. The lowest BCUT2D eigenvalue weighted by Gasteiger charge is -2.18.